The highest BCUT2D eigenvalue weighted by Gasteiger charge is 2.25. The van der Waals surface area contributed by atoms with Gasteiger partial charge in [0.15, 0.2) is 23.0 Å². The molecule has 0 bridgehead atoms. The molecule has 1 aromatic heterocycles. The molecule has 3 aromatic rings. The molecule has 3 rings (SSSR count). The van der Waals surface area contributed by atoms with Crippen LogP contribution in [0.25, 0.3) is 0 Å². The molecule has 2 N–H and O–H groups in total. The molecule has 0 unspecified atom stereocenters. The molecule has 0 radical (unpaired) electrons. The molecule has 8 heteroatoms. The van der Waals surface area contributed by atoms with E-state index in [-0.39, 0.29) is 36.2 Å². The molecule has 2 aromatic carbocycles. The molecule has 178 valence electrons. The van der Waals surface area contributed by atoms with E-state index < -0.39 is 11.9 Å². The highest BCUT2D eigenvalue weighted by atomic mass is 16.5. The molecular weight excluding hydrogens is 432 g/mol. The summed E-state index contributed by atoms with van der Waals surface area (Å²) in [4.78, 5) is 34.6. The number of nitrogens with zero attached hydrogens (tertiary/aromatic N) is 2. The second-order valence-electron chi connectivity index (χ2n) is 7.57. The maximum absolute atomic E-state index is 12.8. The Bertz CT molecular complexity index is 988. The summed E-state index contributed by atoms with van der Waals surface area (Å²) in [6.07, 6.45) is 1.35. The van der Waals surface area contributed by atoms with Crippen LogP contribution in [0.5, 0.6) is 0 Å². The van der Waals surface area contributed by atoms with Crippen LogP contribution in [0.15, 0.2) is 60.7 Å². The van der Waals surface area contributed by atoms with Crippen LogP contribution in [0.4, 0.5) is 11.6 Å². The molecule has 0 aliphatic rings. The lowest BCUT2D eigenvalue weighted by Gasteiger charge is -2.16. The van der Waals surface area contributed by atoms with E-state index in [0.717, 1.165) is 11.1 Å². The Morgan fingerprint density at radius 3 is 1.41 bits per heavy atom. The van der Waals surface area contributed by atoms with E-state index in [0.29, 0.717) is 25.9 Å². The van der Waals surface area contributed by atoms with Gasteiger partial charge in [-0.15, -0.1) is 0 Å². The molecule has 8 nitrogen and oxygen atoms in total. The predicted octanol–water partition coefficient (Wildman–Crippen LogP) is 4.83. The van der Waals surface area contributed by atoms with Gasteiger partial charge >= 0.3 is 11.9 Å². The van der Waals surface area contributed by atoms with Crippen molar-refractivity contribution in [2.75, 3.05) is 23.8 Å². The van der Waals surface area contributed by atoms with Gasteiger partial charge in [-0.25, -0.2) is 19.6 Å². The Morgan fingerprint density at radius 2 is 1.06 bits per heavy atom. The summed E-state index contributed by atoms with van der Waals surface area (Å²) in [7, 11) is 0. The highest BCUT2D eigenvalue weighted by Crippen LogP contribution is 2.22. The minimum Gasteiger partial charge on any atom is -0.461 e. The number of hydrogen-bond donors (Lipinski definition) is 2. The van der Waals surface area contributed by atoms with Gasteiger partial charge in [0.2, 0.25) is 0 Å². The zero-order chi connectivity index (χ0) is 24.2. The van der Waals surface area contributed by atoms with Gasteiger partial charge in [0.05, 0.1) is 13.2 Å². The van der Waals surface area contributed by atoms with Crippen molar-refractivity contribution >= 4 is 23.6 Å². The Morgan fingerprint density at radius 1 is 0.676 bits per heavy atom. The van der Waals surface area contributed by atoms with Crippen molar-refractivity contribution in [1.29, 1.82) is 0 Å². The minimum atomic E-state index is -0.610. The van der Waals surface area contributed by atoms with Crippen LogP contribution in [0.2, 0.25) is 0 Å². The summed E-state index contributed by atoms with van der Waals surface area (Å²) >= 11 is 0. The summed E-state index contributed by atoms with van der Waals surface area (Å²) in [5, 5.41) is 6.26. The van der Waals surface area contributed by atoms with Crippen molar-refractivity contribution in [3.8, 4) is 0 Å². The Hall–Kier alpha value is -3.94. The number of hydrogen-bond acceptors (Lipinski definition) is 8. The van der Waals surface area contributed by atoms with E-state index in [9.17, 15) is 9.59 Å². The molecule has 0 fully saturated rings. The molecule has 0 amide bonds. The SMILES string of the molecule is CCCOC(=O)c1nc(NCc2ccccc2)c(C(=O)OCCC)nc1NCc1ccccc1. The molecular formula is C26H30N4O4. The molecule has 0 atom stereocenters. The topological polar surface area (TPSA) is 102 Å². The van der Waals surface area contributed by atoms with E-state index in [1.54, 1.807) is 0 Å². The van der Waals surface area contributed by atoms with E-state index >= 15 is 0 Å². The molecule has 0 aliphatic heterocycles. The number of nitrogens with one attached hydrogen (secondary N) is 2. The van der Waals surface area contributed by atoms with Gasteiger partial charge in [-0.1, -0.05) is 74.5 Å². The fraction of sp³-hybridized carbons (Fsp3) is 0.308. The first kappa shape index (κ1) is 24.7. The monoisotopic (exact) mass is 462 g/mol. The number of rotatable bonds is 12. The Kier molecular flexibility index (Phi) is 9.40. The second kappa shape index (κ2) is 12.9. The van der Waals surface area contributed by atoms with Gasteiger partial charge in [0.25, 0.3) is 0 Å². The van der Waals surface area contributed by atoms with Crippen molar-refractivity contribution in [2.24, 2.45) is 0 Å². The summed E-state index contributed by atoms with van der Waals surface area (Å²) < 4.78 is 10.7. The first-order valence-electron chi connectivity index (χ1n) is 11.4. The maximum Gasteiger partial charge on any atom is 0.360 e. The second-order valence-corrected chi connectivity index (χ2v) is 7.57. The fourth-order valence-corrected chi connectivity index (χ4v) is 3.06. The van der Waals surface area contributed by atoms with Crippen molar-refractivity contribution in [3.05, 3.63) is 83.2 Å². The summed E-state index contributed by atoms with van der Waals surface area (Å²) in [6.45, 7) is 5.12. The molecule has 0 saturated heterocycles. The zero-order valence-corrected chi connectivity index (χ0v) is 19.5. The average molecular weight is 463 g/mol. The number of carbonyl (C=O) groups excluding carboxylic acids is 2. The zero-order valence-electron chi connectivity index (χ0n) is 19.5. The summed E-state index contributed by atoms with van der Waals surface area (Å²) in [6, 6.07) is 19.3. The first-order valence-corrected chi connectivity index (χ1v) is 11.4. The number of anilines is 2. The summed E-state index contributed by atoms with van der Waals surface area (Å²) in [5.41, 5.74) is 1.98. The van der Waals surface area contributed by atoms with Crippen LogP contribution < -0.4 is 10.6 Å². The number of carbonyl (C=O) groups is 2. The third-order valence-electron chi connectivity index (χ3n) is 4.76. The number of benzene rings is 2. The minimum absolute atomic E-state index is 0.00647. The third kappa shape index (κ3) is 7.03. The van der Waals surface area contributed by atoms with Gasteiger partial charge < -0.3 is 20.1 Å². The first-order chi connectivity index (χ1) is 16.6. The van der Waals surface area contributed by atoms with Crippen molar-refractivity contribution < 1.29 is 19.1 Å². The predicted molar refractivity (Wildman–Crippen MR) is 131 cm³/mol. The third-order valence-corrected chi connectivity index (χ3v) is 4.76. The van der Waals surface area contributed by atoms with Crippen LogP contribution in [0.3, 0.4) is 0 Å². The van der Waals surface area contributed by atoms with Crippen LogP contribution >= 0.6 is 0 Å². The standard InChI is InChI=1S/C26H30N4O4/c1-3-15-33-25(31)21-23(27-17-19-11-7-5-8-12-19)30-22(26(32)34-16-4-2)24(29-21)28-18-20-13-9-6-10-14-20/h5-14H,3-4,15-18H2,1-2H3,(H,28,29)(H,27,30). The van der Waals surface area contributed by atoms with Gasteiger partial charge in [0.1, 0.15) is 0 Å². The molecule has 0 spiro atoms. The highest BCUT2D eigenvalue weighted by molar-refractivity contribution is 5.97. The number of ether oxygens (including phenoxy) is 2. The lowest BCUT2D eigenvalue weighted by Crippen LogP contribution is -2.20. The quantitative estimate of drug-likeness (QED) is 0.369. The van der Waals surface area contributed by atoms with Crippen molar-refractivity contribution in [2.45, 2.75) is 39.8 Å². The molecule has 0 saturated carbocycles. The lowest BCUT2D eigenvalue weighted by atomic mass is 10.2. The van der Waals surface area contributed by atoms with E-state index in [1.165, 1.54) is 0 Å². The smallest absolute Gasteiger partial charge is 0.360 e. The maximum atomic E-state index is 12.8. The van der Waals surface area contributed by atoms with Crippen LogP contribution in [0, 0.1) is 0 Å². The lowest BCUT2D eigenvalue weighted by molar-refractivity contribution is 0.0482. The van der Waals surface area contributed by atoms with E-state index in [1.807, 2.05) is 74.5 Å². The average Bonchev–Trinajstić information content (AvgIpc) is 2.89. The van der Waals surface area contributed by atoms with Gasteiger partial charge in [-0.2, -0.15) is 0 Å². The van der Waals surface area contributed by atoms with E-state index in [2.05, 4.69) is 20.6 Å². The van der Waals surface area contributed by atoms with Gasteiger partial charge in [-0.3, -0.25) is 0 Å². The van der Waals surface area contributed by atoms with Crippen LogP contribution in [-0.2, 0) is 22.6 Å². The van der Waals surface area contributed by atoms with Gasteiger partial charge in [0, 0.05) is 13.1 Å². The summed E-state index contributed by atoms with van der Waals surface area (Å²) in [5.74, 6) is -0.889. The molecule has 34 heavy (non-hydrogen) atoms. The Balaban J connectivity index is 1.96. The van der Waals surface area contributed by atoms with Crippen molar-refractivity contribution in [1.82, 2.24) is 9.97 Å². The molecule has 0 aliphatic carbocycles. The van der Waals surface area contributed by atoms with Crippen LogP contribution in [-0.4, -0.2) is 35.1 Å². The number of esters is 2. The fourth-order valence-electron chi connectivity index (χ4n) is 3.06. The van der Waals surface area contributed by atoms with E-state index in [4.69, 9.17) is 9.47 Å². The normalized spacial score (nSPS) is 10.4. The number of aromatic nitrogens is 2. The largest absolute Gasteiger partial charge is 0.461 e. The van der Waals surface area contributed by atoms with Crippen molar-refractivity contribution in [3.63, 3.8) is 0 Å². The van der Waals surface area contributed by atoms with Crippen LogP contribution in [0.1, 0.15) is 58.8 Å². The molecule has 1 heterocycles. The Labute approximate surface area is 199 Å². The van der Waals surface area contributed by atoms with Gasteiger partial charge in [-0.05, 0) is 24.0 Å².